The molecule has 50 heavy (non-hydrogen) atoms. The quantitative estimate of drug-likeness (QED) is 0.169. The molecule has 4 aromatic rings. The van der Waals surface area contributed by atoms with Gasteiger partial charge in [0.15, 0.2) is 0 Å². The van der Waals surface area contributed by atoms with Gasteiger partial charge in [-0.05, 0) is 49.6 Å². The number of methoxy groups -OCH3 is 1. The zero-order valence-electron chi connectivity index (χ0n) is 27.8. The summed E-state index contributed by atoms with van der Waals surface area (Å²) in [7, 11) is 3.46. The molecule has 14 heteroatoms. The highest BCUT2D eigenvalue weighted by molar-refractivity contribution is 7.23. The number of hydrogen-bond donors (Lipinski definition) is 1. The molecule has 258 valence electrons. The molecule has 11 nitrogen and oxygen atoms in total. The molecule has 4 atom stereocenters. The van der Waals surface area contributed by atoms with Crippen LogP contribution >= 0.6 is 11.3 Å². The Morgan fingerprint density at radius 3 is 2.86 bits per heavy atom. The van der Waals surface area contributed by atoms with Crippen molar-refractivity contribution in [3.8, 4) is 23.2 Å². The predicted octanol–water partition coefficient (Wildman–Crippen LogP) is 5.85. The van der Waals surface area contributed by atoms with Crippen molar-refractivity contribution >= 4 is 54.7 Å². The molecule has 3 aliphatic heterocycles. The molecular weight excluding hydrogens is 663 g/mol. The van der Waals surface area contributed by atoms with Crippen molar-refractivity contribution in [1.29, 1.82) is 5.26 Å². The second kappa shape index (κ2) is 13.1. The van der Waals surface area contributed by atoms with Gasteiger partial charge in [-0.2, -0.15) is 15.2 Å². The van der Waals surface area contributed by atoms with Crippen LogP contribution in [0.5, 0.6) is 6.01 Å². The Bertz CT molecular complexity index is 2110. The van der Waals surface area contributed by atoms with E-state index in [9.17, 15) is 18.8 Å². The van der Waals surface area contributed by atoms with E-state index >= 15 is 0 Å². The number of nitrogen functional groups attached to an aromatic ring is 1. The van der Waals surface area contributed by atoms with Gasteiger partial charge in [-0.25, -0.2) is 13.6 Å². The third kappa shape index (κ3) is 5.39. The Morgan fingerprint density at radius 1 is 1.32 bits per heavy atom. The molecule has 0 aliphatic carbocycles. The number of amides is 1. The molecule has 1 amide bonds. The molecule has 3 saturated heterocycles. The summed E-state index contributed by atoms with van der Waals surface area (Å²) in [5.74, 6) is -0.225. The number of benzene rings is 2. The smallest absolute Gasteiger partial charge is 0.319 e. The van der Waals surface area contributed by atoms with Gasteiger partial charge in [-0.1, -0.05) is 18.7 Å². The predicted molar refractivity (Wildman–Crippen MR) is 189 cm³/mol. The molecule has 5 heterocycles. The minimum absolute atomic E-state index is 0.0303. The number of likely N-dealkylation sites (N-methyl/N-ethyl adjacent to an activating group) is 1. The fourth-order valence-corrected chi connectivity index (χ4v) is 9.13. The Labute approximate surface area is 292 Å². The summed E-state index contributed by atoms with van der Waals surface area (Å²) in [5, 5.41) is 11.8. The van der Waals surface area contributed by atoms with Gasteiger partial charge >= 0.3 is 6.01 Å². The zero-order chi connectivity index (χ0) is 35.3. The van der Waals surface area contributed by atoms with Crippen LogP contribution in [0.4, 0.5) is 25.3 Å². The Morgan fingerprint density at radius 2 is 2.12 bits per heavy atom. The van der Waals surface area contributed by atoms with Crippen LogP contribution in [-0.2, 0) is 9.53 Å². The zero-order valence-corrected chi connectivity index (χ0v) is 28.6. The Kier molecular flexibility index (Phi) is 8.80. The lowest BCUT2D eigenvalue weighted by molar-refractivity contribution is -0.127. The van der Waals surface area contributed by atoms with Gasteiger partial charge < -0.3 is 25.0 Å². The van der Waals surface area contributed by atoms with E-state index < -0.39 is 17.5 Å². The number of hydrogen-bond acceptors (Lipinski definition) is 10. The van der Waals surface area contributed by atoms with E-state index in [0.29, 0.717) is 59.2 Å². The number of rotatable bonds is 9. The van der Waals surface area contributed by atoms with Crippen molar-refractivity contribution in [2.75, 3.05) is 57.6 Å². The normalized spacial score (nSPS) is 23.2. The molecule has 3 fully saturated rings. The second-order valence-electron chi connectivity index (χ2n) is 13.1. The van der Waals surface area contributed by atoms with Crippen molar-refractivity contribution in [2.45, 2.75) is 49.5 Å². The number of carbonyl (C=O) groups is 1. The number of alkyl halides is 1. The molecular formula is C36H36F2N8O3S. The topological polar surface area (TPSA) is 125 Å². The third-order valence-electron chi connectivity index (χ3n) is 10.5. The molecule has 0 spiro atoms. The molecule has 0 saturated carbocycles. The maximum Gasteiger partial charge on any atom is 0.319 e. The van der Waals surface area contributed by atoms with Crippen LogP contribution in [0.3, 0.4) is 0 Å². The number of nitrogens with zero attached hydrogens (tertiary/aromatic N) is 7. The highest BCUT2D eigenvalue weighted by atomic mass is 32.1. The summed E-state index contributed by atoms with van der Waals surface area (Å²) >= 11 is 0.991. The minimum Gasteiger partial charge on any atom is -0.461 e. The van der Waals surface area contributed by atoms with E-state index in [2.05, 4.69) is 22.4 Å². The maximum absolute atomic E-state index is 15.0. The van der Waals surface area contributed by atoms with Gasteiger partial charge in [0.05, 0.1) is 51.6 Å². The largest absolute Gasteiger partial charge is 0.461 e. The molecule has 0 radical (unpaired) electrons. The molecule has 2 N–H and O–H groups in total. The van der Waals surface area contributed by atoms with Crippen molar-refractivity contribution < 1.29 is 23.0 Å². The Hall–Kier alpha value is -4.89. The highest BCUT2D eigenvalue weighted by Crippen LogP contribution is 2.48. The average Bonchev–Trinajstić information content (AvgIpc) is 3.87. The molecule has 7 rings (SSSR count). The van der Waals surface area contributed by atoms with Gasteiger partial charge in [-0.3, -0.25) is 9.69 Å². The first-order valence-corrected chi connectivity index (χ1v) is 17.3. The monoisotopic (exact) mass is 698 g/mol. The molecule has 4 unspecified atom stereocenters. The van der Waals surface area contributed by atoms with E-state index in [1.165, 1.54) is 12.1 Å². The van der Waals surface area contributed by atoms with Crippen LogP contribution in [0.15, 0.2) is 36.9 Å². The van der Waals surface area contributed by atoms with Crippen molar-refractivity contribution in [2.24, 2.45) is 0 Å². The van der Waals surface area contributed by atoms with Crippen LogP contribution in [0.25, 0.3) is 37.0 Å². The second-order valence-corrected chi connectivity index (χ2v) is 14.2. The summed E-state index contributed by atoms with van der Waals surface area (Å²) < 4.78 is 41.7. The summed E-state index contributed by atoms with van der Waals surface area (Å²) in [5.41, 5.74) is 7.22. The minimum atomic E-state index is -0.939. The lowest BCUT2D eigenvalue weighted by atomic mass is 9.94. The SMILES string of the molecule is [C-]#[N+]c1c(N)sc2c(F)ccc(-c3ccc4c(N(C)C5CCN(C(=O)C=C)C5COC)nc(OCC56CCCN5CC(F)C6)nc4c3C#N)c12. The lowest BCUT2D eigenvalue weighted by Crippen LogP contribution is -2.48. The number of anilines is 2. The first kappa shape index (κ1) is 33.6. The number of thiophene rings is 1. The molecule has 3 aliphatic rings. The number of fused-ring (bicyclic) bond motifs is 3. The third-order valence-corrected chi connectivity index (χ3v) is 11.5. The lowest BCUT2D eigenvalue weighted by Gasteiger charge is -2.34. The van der Waals surface area contributed by atoms with Gasteiger partial charge in [-0.15, -0.1) is 11.3 Å². The van der Waals surface area contributed by atoms with Crippen molar-refractivity contribution in [3.05, 3.63) is 59.7 Å². The summed E-state index contributed by atoms with van der Waals surface area (Å²) in [6.07, 6.45) is 3.08. The number of halogens is 2. The van der Waals surface area contributed by atoms with Crippen molar-refractivity contribution in [1.82, 2.24) is 19.8 Å². The van der Waals surface area contributed by atoms with E-state index in [0.717, 1.165) is 30.7 Å². The number of ether oxygens (including phenoxy) is 2. The number of likely N-dealkylation sites (tertiary alicyclic amines) is 1. The highest BCUT2D eigenvalue weighted by Gasteiger charge is 2.49. The van der Waals surface area contributed by atoms with Gasteiger partial charge in [0.2, 0.25) is 11.6 Å². The van der Waals surface area contributed by atoms with Crippen LogP contribution in [-0.4, -0.2) is 96.5 Å². The van der Waals surface area contributed by atoms with Crippen LogP contribution < -0.4 is 15.4 Å². The first-order valence-electron chi connectivity index (χ1n) is 16.4. The van der Waals surface area contributed by atoms with E-state index in [4.69, 9.17) is 31.7 Å². The van der Waals surface area contributed by atoms with E-state index in [1.54, 1.807) is 30.2 Å². The van der Waals surface area contributed by atoms with Gasteiger partial charge in [0, 0.05) is 50.0 Å². The number of aromatic nitrogens is 2. The standard InChI is InChI=1S/C36H36F2N8O3S/c1-5-28(47)46-14-11-26(27(46)18-48-4)44(3)34-23-8-7-21(22-9-10-25(38)32-29(22)31(41-2)33(40)50-32)24(16-39)30(23)42-35(43-34)49-19-36-12-6-13-45(36)17-20(37)15-36/h5,7-10,20,26-27H,1,6,11-15,17-19,40H2,3-4H3. The molecule has 2 aromatic carbocycles. The first-order chi connectivity index (χ1) is 24.1. The van der Waals surface area contributed by atoms with E-state index in [-0.39, 0.29) is 58.2 Å². The summed E-state index contributed by atoms with van der Waals surface area (Å²) in [6, 6.07) is 8.23. The summed E-state index contributed by atoms with van der Waals surface area (Å²) in [4.78, 5) is 31.9. The molecule has 0 bridgehead atoms. The van der Waals surface area contributed by atoms with E-state index in [1.807, 2.05) is 11.9 Å². The number of nitrogens with two attached hydrogens (primary N) is 1. The van der Waals surface area contributed by atoms with Gasteiger partial charge in [0.25, 0.3) is 0 Å². The maximum atomic E-state index is 15.0. The number of nitriles is 1. The van der Waals surface area contributed by atoms with Crippen molar-refractivity contribution in [3.63, 3.8) is 0 Å². The fourth-order valence-electron chi connectivity index (χ4n) is 8.20. The average molecular weight is 699 g/mol. The molecule has 2 aromatic heterocycles. The number of carbonyl (C=O) groups excluding carboxylic acids is 1. The fraction of sp³-hybridized carbons (Fsp3) is 0.417. The van der Waals surface area contributed by atoms with Crippen LogP contribution in [0.2, 0.25) is 0 Å². The summed E-state index contributed by atoms with van der Waals surface area (Å²) in [6.45, 7) is 13.5. The Balaban J connectivity index is 1.39. The van der Waals surface area contributed by atoms with Gasteiger partial charge in [0.1, 0.15) is 30.5 Å². The van der Waals surface area contributed by atoms with Crippen LogP contribution in [0, 0.1) is 23.7 Å². The van der Waals surface area contributed by atoms with Crippen LogP contribution in [0.1, 0.15) is 31.2 Å².